The van der Waals surface area contributed by atoms with Gasteiger partial charge in [0.25, 0.3) is 0 Å². The van der Waals surface area contributed by atoms with Crippen LogP contribution in [0.1, 0.15) is 5.69 Å². The number of benzene rings is 1. The van der Waals surface area contributed by atoms with E-state index in [9.17, 15) is 12.8 Å². The fourth-order valence-corrected chi connectivity index (χ4v) is 4.62. The molecule has 1 saturated heterocycles. The predicted octanol–water partition coefficient (Wildman–Crippen LogP) is 1.13. The van der Waals surface area contributed by atoms with Gasteiger partial charge in [0.2, 0.25) is 10.0 Å². The number of nitrogens with one attached hydrogen (secondary N) is 1. The van der Waals surface area contributed by atoms with Gasteiger partial charge in [0.05, 0.1) is 4.90 Å². The zero-order chi connectivity index (χ0) is 19.4. The highest BCUT2D eigenvalue weighted by Crippen LogP contribution is 2.20. The van der Waals surface area contributed by atoms with Gasteiger partial charge in [-0.15, -0.1) is 0 Å². The molecule has 1 fully saturated rings. The maximum absolute atomic E-state index is 13.1. The van der Waals surface area contributed by atoms with Crippen LogP contribution < -0.4 is 10.2 Å². The van der Waals surface area contributed by atoms with Gasteiger partial charge in [-0.05, 0) is 43.1 Å². The third-order valence-electron chi connectivity index (χ3n) is 4.55. The Labute approximate surface area is 159 Å². The number of nitrogens with zero attached hydrogens (tertiary/aromatic N) is 4. The molecule has 0 amide bonds. The first kappa shape index (κ1) is 19.7. The minimum Gasteiger partial charge on any atom is -0.363 e. The van der Waals surface area contributed by atoms with Crippen molar-refractivity contribution in [2.45, 2.75) is 11.3 Å². The fraction of sp³-hybridized carbons (Fsp3) is 0.444. The van der Waals surface area contributed by atoms with E-state index in [0.717, 1.165) is 11.5 Å². The lowest BCUT2D eigenvalue weighted by Crippen LogP contribution is -2.36. The molecule has 1 aliphatic rings. The summed E-state index contributed by atoms with van der Waals surface area (Å²) in [6.45, 7) is 2.04. The van der Waals surface area contributed by atoms with Gasteiger partial charge in [-0.1, -0.05) is 0 Å². The molecule has 0 bridgehead atoms. The molecule has 0 aliphatic carbocycles. The normalized spacial score (nSPS) is 18.9. The first-order valence-corrected chi connectivity index (χ1v) is 10.2. The van der Waals surface area contributed by atoms with Gasteiger partial charge in [-0.3, -0.25) is 0 Å². The minimum atomic E-state index is -3.66. The topological polar surface area (TPSA) is 78.4 Å². The van der Waals surface area contributed by atoms with E-state index < -0.39 is 15.8 Å². The van der Waals surface area contributed by atoms with Gasteiger partial charge in [0.1, 0.15) is 18.0 Å². The van der Waals surface area contributed by atoms with Crippen LogP contribution in [0.5, 0.6) is 0 Å². The van der Waals surface area contributed by atoms with E-state index in [1.165, 1.54) is 34.9 Å². The van der Waals surface area contributed by atoms with Crippen LogP contribution in [0.25, 0.3) is 0 Å². The molecule has 146 valence electrons. The standard InChI is InChI=1S/C18H24FN5O2S/c1-23(2)18-10-16(21-13-22-18)9-14-11-20-7-8-24(12-14)27(25,26)17-5-3-15(19)4-6-17/h3-6,10,13-14,20H,7-9,11-12H2,1-2H3/t14-/m0/s1. The van der Waals surface area contributed by atoms with Gasteiger partial charge in [-0.2, -0.15) is 4.31 Å². The van der Waals surface area contributed by atoms with Crippen molar-refractivity contribution in [3.05, 3.63) is 48.2 Å². The highest BCUT2D eigenvalue weighted by molar-refractivity contribution is 7.89. The van der Waals surface area contributed by atoms with E-state index >= 15 is 0 Å². The van der Waals surface area contributed by atoms with Crippen molar-refractivity contribution < 1.29 is 12.8 Å². The molecule has 0 spiro atoms. The number of rotatable bonds is 5. The number of sulfonamides is 1. The van der Waals surface area contributed by atoms with Gasteiger partial charge in [0, 0.05) is 45.5 Å². The molecule has 9 heteroatoms. The summed E-state index contributed by atoms with van der Waals surface area (Å²) in [5.74, 6) is 0.440. The van der Waals surface area contributed by atoms with E-state index in [4.69, 9.17) is 0 Å². The van der Waals surface area contributed by atoms with Crippen LogP contribution in [0, 0.1) is 11.7 Å². The van der Waals surface area contributed by atoms with Crippen molar-refractivity contribution in [3.63, 3.8) is 0 Å². The Morgan fingerprint density at radius 1 is 1.26 bits per heavy atom. The number of hydrogen-bond donors (Lipinski definition) is 1. The molecule has 1 aromatic carbocycles. The molecule has 2 aromatic rings. The Hall–Kier alpha value is -2.10. The molecule has 0 unspecified atom stereocenters. The third-order valence-corrected chi connectivity index (χ3v) is 6.43. The van der Waals surface area contributed by atoms with Crippen LogP contribution >= 0.6 is 0 Å². The second-order valence-corrected chi connectivity index (χ2v) is 8.79. The summed E-state index contributed by atoms with van der Waals surface area (Å²) in [7, 11) is 0.163. The molecule has 7 nitrogen and oxygen atoms in total. The molecule has 0 saturated carbocycles. The maximum Gasteiger partial charge on any atom is 0.243 e. The van der Waals surface area contributed by atoms with Crippen molar-refractivity contribution in [1.29, 1.82) is 0 Å². The Morgan fingerprint density at radius 3 is 2.70 bits per heavy atom. The van der Waals surface area contributed by atoms with Crippen molar-refractivity contribution in [2.75, 3.05) is 45.2 Å². The molecule has 2 heterocycles. The van der Waals surface area contributed by atoms with E-state index in [-0.39, 0.29) is 10.8 Å². The summed E-state index contributed by atoms with van der Waals surface area (Å²) in [5.41, 5.74) is 0.876. The summed E-state index contributed by atoms with van der Waals surface area (Å²) in [6.07, 6.45) is 2.17. The van der Waals surface area contributed by atoms with Crippen molar-refractivity contribution in [2.24, 2.45) is 5.92 Å². The van der Waals surface area contributed by atoms with E-state index in [1.807, 2.05) is 25.1 Å². The summed E-state index contributed by atoms with van der Waals surface area (Å²) < 4.78 is 40.5. The molecular formula is C18H24FN5O2S. The number of halogens is 1. The lowest BCUT2D eigenvalue weighted by molar-refractivity contribution is 0.373. The summed E-state index contributed by atoms with van der Waals surface area (Å²) >= 11 is 0. The Morgan fingerprint density at radius 2 is 2.00 bits per heavy atom. The number of anilines is 1. The second kappa shape index (κ2) is 8.28. The predicted molar refractivity (Wildman–Crippen MR) is 102 cm³/mol. The maximum atomic E-state index is 13.1. The molecule has 3 rings (SSSR count). The molecular weight excluding hydrogens is 369 g/mol. The van der Waals surface area contributed by atoms with E-state index in [2.05, 4.69) is 15.3 Å². The monoisotopic (exact) mass is 393 g/mol. The largest absolute Gasteiger partial charge is 0.363 e. The Kier molecular flexibility index (Phi) is 6.03. The molecule has 1 atom stereocenters. The zero-order valence-corrected chi connectivity index (χ0v) is 16.3. The average Bonchev–Trinajstić information content (AvgIpc) is 2.88. The lowest BCUT2D eigenvalue weighted by atomic mass is 10.0. The first-order valence-electron chi connectivity index (χ1n) is 8.81. The Bertz CT molecular complexity index is 874. The van der Waals surface area contributed by atoms with Crippen molar-refractivity contribution in [1.82, 2.24) is 19.6 Å². The zero-order valence-electron chi connectivity index (χ0n) is 15.5. The minimum absolute atomic E-state index is 0.0765. The Balaban J connectivity index is 1.77. The molecule has 1 aromatic heterocycles. The van der Waals surface area contributed by atoms with Crippen LogP contribution in [0.2, 0.25) is 0 Å². The van der Waals surface area contributed by atoms with Crippen LogP contribution in [0.15, 0.2) is 41.6 Å². The third kappa shape index (κ3) is 4.79. The highest BCUT2D eigenvalue weighted by Gasteiger charge is 2.29. The van der Waals surface area contributed by atoms with Crippen LogP contribution in [-0.2, 0) is 16.4 Å². The quantitative estimate of drug-likeness (QED) is 0.821. The molecule has 1 aliphatic heterocycles. The average molecular weight is 393 g/mol. The second-order valence-electron chi connectivity index (χ2n) is 6.85. The first-order chi connectivity index (χ1) is 12.9. The van der Waals surface area contributed by atoms with E-state index in [0.29, 0.717) is 32.6 Å². The summed E-state index contributed by atoms with van der Waals surface area (Å²) in [6, 6.07) is 6.88. The number of hydrogen-bond acceptors (Lipinski definition) is 6. The molecule has 1 N–H and O–H groups in total. The van der Waals surface area contributed by atoms with Gasteiger partial charge in [-0.25, -0.2) is 22.8 Å². The fourth-order valence-electron chi connectivity index (χ4n) is 3.10. The lowest BCUT2D eigenvalue weighted by Gasteiger charge is -2.23. The van der Waals surface area contributed by atoms with Crippen molar-refractivity contribution >= 4 is 15.8 Å². The van der Waals surface area contributed by atoms with Gasteiger partial charge in [0.15, 0.2) is 0 Å². The van der Waals surface area contributed by atoms with Crippen LogP contribution in [0.4, 0.5) is 10.2 Å². The smallest absolute Gasteiger partial charge is 0.243 e. The summed E-state index contributed by atoms with van der Waals surface area (Å²) in [5, 5.41) is 3.30. The van der Waals surface area contributed by atoms with Gasteiger partial charge < -0.3 is 10.2 Å². The van der Waals surface area contributed by atoms with Crippen molar-refractivity contribution in [3.8, 4) is 0 Å². The molecule has 27 heavy (non-hydrogen) atoms. The number of aromatic nitrogens is 2. The van der Waals surface area contributed by atoms with E-state index in [1.54, 1.807) is 0 Å². The van der Waals surface area contributed by atoms with Crippen LogP contribution in [-0.4, -0.2) is 63.0 Å². The SMILES string of the molecule is CN(C)c1cc(C[C@H]2CNCCN(S(=O)(=O)c3ccc(F)cc3)C2)ncn1. The van der Waals surface area contributed by atoms with Crippen LogP contribution in [0.3, 0.4) is 0 Å². The van der Waals surface area contributed by atoms with Gasteiger partial charge >= 0.3 is 0 Å². The molecule has 0 radical (unpaired) electrons. The summed E-state index contributed by atoms with van der Waals surface area (Å²) in [4.78, 5) is 10.6. The highest BCUT2D eigenvalue weighted by atomic mass is 32.2.